The van der Waals surface area contributed by atoms with Crippen molar-refractivity contribution in [2.75, 3.05) is 53.3 Å². The monoisotopic (exact) mass is 372 g/mol. The molecule has 1 heterocycles. The second-order valence-corrected chi connectivity index (χ2v) is 6.36. The van der Waals surface area contributed by atoms with Crippen molar-refractivity contribution < 1.29 is 14.3 Å². The second-order valence-electron chi connectivity index (χ2n) is 6.36. The van der Waals surface area contributed by atoms with Crippen LogP contribution in [0.25, 0.3) is 0 Å². The number of rotatable bonds is 10. The lowest BCUT2D eigenvalue weighted by Crippen LogP contribution is -2.26. The number of nitrogens with one attached hydrogen (secondary N) is 2. The van der Waals surface area contributed by atoms with E-state index in [-0.39, 0.29) is 5.91 Å². The molecule has 0 bridgehead atoms. The average Bonchev–Trinajstić information content (AvgIpc) is 2.67. The van der Waals surface area contributed by atoms with Crippen LogP contribution < -0.4 is 20.1 Å². The summed E-state index contributed by atoms with van der Waals surface area (Å²) in [6, 6.07) is 9.23. The molecule has 146 valence electrons. The van der Waals surface area contributed by atoms with Crippen molar-refractivity contribution in [3.63, 3.8) is 0 Å². The highest BCUT2D eigenvalue weighted by molar-refractivity contribution is 5.94. The topological polar surface area (TPSA) is 75.7 Å². The van der Waals surface area contributed by atoms with Gasteiger partial charge in [-0.15, -0.1) is 0 Å². The third-order valence-corrected chi connectivity index (χ3v) is 4.03. The molecule has 0 fully saturated rings. The van der Waals surface area contributed by atoms with Gasteiger partial charge in [0.2, 0.25) is 0 Å². The van der Waals surface area contributed by atoms with E-state index in [1.54, 1.807) is 32.5 Å². The molecule has 0 aliphatic carbocycles. The van der Waals surface area contributed by atoms with Crippen LogP contribution in [0.15, 0.2) is 36.5 Å². The third kappa shape index (κ3) is 6.45. The van der Waals surface area contributed by atoms with Gasteiger partial charge in [-0.25, -0.2) is 4.98 Å². The quantitative estimate of drug-likeness (QED) is 0.665. The van der Waals surface area contributed by atoms with Crippen LogP contribution in [0, 0.1) is 0 Å². The van der Waals surface area contributed by atoms with Gasteiger partial charge in [-0.2, -0.15) is 0 Å². The number of carbonyl (C=O) groups is 1. The standard InChI is InChI=1S/C20H28N4O3/c1-24(2)12-11-22-19-14-16(8-10-21-19)20(25)23-9-7-15-5-6-17(26-3)18(13-15)27-4/h5-6,8,10,13-14H,7,9,11-12H2,1-4H3,(H,21,22)(H,23,25). The van der Waals surface area contributed by atoms with Crippen molar-refractivity contribution in [1.29, 1.82) is 0 Å². The summed E-state index contributed by atoms with van der Waals surface area (Å²) in [6.07, 6.45) is 2.34. The largest absolute Gasteiger partial charge is 0.493 e. The van der Waals surface area contributed by atoms with Gasteiger partial charge in [0.1, 0.15) is 5.82 Å². The SMILES string of the molecule is COc1ccc(CCNC(=O)c2ccnc(NCCN(C)C)c2)cc1OC. The number of hydrogen-bond acceptors (Lipinski definition) is 6. The van der Waals surface area contributed by atoms with Gasteiger partial charge >= 0.3 is 0 Å². The molecular formula is C20H28N4O3. The summed E-state index contributed by atoms with van der Waals surface area (Å²) in [6.45, 7) is 2.19. The van der Waals surface area contributed by atoms with Gasteiger partial charge < -0.3 is 25.0 Å². The first-order chi connectivity index (χ1) is 13.0. The minimum atomic E-state index is -0.117. The molecule has 2 aromatic rings. The molecule has 1 aromatic heterocycles. The van der Waals surface area contributed by atoms with Crippen molar-refractivity contribution in [2.24, 2.45) is 0 Å². The van der Waals surface area contributed by atoms with Crippen molar-refractivity contribution in [3.05, 3.63) is 47.7 Å². The molecule has 7 heteroatoms. The number of amides is 1. The number of benzene rings is 1. The Morgan fingerprint density at radius 1 is 1.07 bits per heavy atom. The zero-order valence-corrected chi connectivity index (χ0v) is 16.4. The minimum Gasteiger partial charge on any atom is -0.493 e. The number of methoxy groups -OCH3 is 2. The van der Waals surface area contributed by atoms with E-state index >= 15 is 0 Å². The van der Waals surface area contributed by atoms with Gasteiger partial charge in [0.15, 0.2) is 11.5 Å². The molecule has 0 aliphatic heterocycles. The molecular weight excluding hydrogens is 344 g/mol. The second kappa shape index (κ2) is 10.4. The average molecular weight is 372 g/mol. The fourth-order valence-electron chi connectivity index (χ4n) is 2.53. The van der Waals surface area contributed by atoms with E-state index in [1.807, 2.05) is 32.3 Å². The third-order valence-electron chi connectivity index (χ3n) is 4.03. The molecule has 2 rings (SSSR count). The van der Waals surface area contributed by atoms with E-state index in [0.29, 0.717) is 35.8 Å². The van der Waals surface area contributed by atoms with Crippen LogP contribution in [-0.2, 0) is 6.42 Å². The molecule has 0 radical (unpaired) electrons. The number of ether oxygens (including phenoxy) is 2. The fraction of sp³-hybridized carbons (Fsp3) is 0.400. The Kier molecular flexibility index (Phi) is 7.88. The zero-order valence-electron chi connectivity index (χ0n) is 16.4. The van der Waals surface area contributed by atoms with E-state index in [9.17, 15) is 4.79 Å². The van der Waals surface area contributed by atoms with Crippen LogP contribution in [0.2, 0.25) is 0 Å². The summed E-state index contributed by atoms with van der Waals surface area (Å²) in [5, 5.41) is 6.16. The van der Waals surface area contributed by atoms with Crippen molar-refractivity contribution >= 4 is 11.7 Å². The summed E-state index contributed by atoms with van der Waals surface area (Å²) in [7, 11) is 7.24. The van der Waals surface area contributed by atoms with Crippen molar-refractivity contribution in [1.82, 2.24) is 15.2 Å². The Balaban J connectivity index is 1.87. The number of nitrogens with zero attached hydrogens (tertiary/aromatic N) is 2. The van der Waals surface area contributed by atoms with E-state index in [4.69, 9.17) is 9.47 Å². The molecule has 1 amide bonds. The van der Waals surface area contributed by atoms with E-state index in [2.05, 4.69) is 20.5 Å². The van der Waals surface area contributed by atoms with E-state index in [0.717, 1.165) is 18.7 Å². The number of anilines is 1. The number of hydrogen-bond donors (Lipinski definition) is 2. The molecule has 7 nitrogen and oxygen atoms in total. The highest BCUT2D eigenvalue weighted by Gasteiger charge is 2.08. The van der Waals surface area contributed by atoms with Crippen LogP contribution in [0.4, 0.5) is 5.82 Å². The predicted octanol–water partition coefficient (Wildman–Crippen LogP) is 2.04. The maximum Gasteiger partial charge on any atom is 0.251 e. The molecule has 0 spiro atoms. The maximum atomic E-state index is 12.4. The van der Waals surface area contributed by atoms with Crippen LogP contribution >= 0.6 is 0 Å². The smallest absolute Gasteiger partial charge is 0.251 e. The van der Waals surface area contributed by atoms with Gasteiger partial charge in [0, 0.05) is 31.4 Å². The number of pyridine rings is 1. The normalized spacial score (nSPS) is 10.6. The first-order valence-electron chi connectivity index (χ1n) is 8.87. The molecule has 1 aromatic carbocycles. The number of likely N-dealkylation sites (N-methyl/N-ethyl adjacent to an activating group) is 1. The summed E-state index contributed by atoms with van der Waals surface area (Å²) in [5.74, 6) is 1.96. The first-order valence-corrected chi connectivity index (χ1v) is 8.87. The van der Waals surface area contributed by atoms with Gasteiger partial charge in [-0.3, -0.25) is 4.79 Å². The molecule has 0 unspecified atom stereocenters. The summed E-state index contributed by atoms with van der Waals surface area (Å²) < 4.78 is 10.5. The van der Waals surface area contributed by atoms with Crippen molar-refractivity contribution in [3.8, 4) is 11.5 Å². The maximum absolute atomic E-state index is 12.4. The first kappa shape index (κ1) is 20.5. The van der Waals surface area contributed by atoms with Crippen LogP contribution in [0.3, 0.4) is 0 Å². The Morgan fingerprint density at radius 3 is 2.56 bits per heavy atom. The number of aromatic nitrogens is 1. The minimum absolute atomic E-state index is 0.117. The van der Waals surface area contributed by atoms with Gasteiger partial charge in [-0.05, 0) is 50.3 Å². The van der Waals surface area contributed by atoms with Crippen LogP contribution in [-0.4, -0.2) is 63.7 Å². The van der Waals surface area contributed by atoms with Crippen LogP contribution in [0.5, 0.6) is 11.5 Å². The molecule has 0 aliphatic rings. The Labute approximate surface area is 160 Å². The summed E-state index contributed by atoms with van der Waals surface area (Å²) in [4.78, 5) is 18.7. The molecule has 0 atom stereocenters. The molecule has 27 heavy (non-hydrogen) atoms. The summed E-state index contributed by atoms with van der Waals surface area (Å²) in [5.41, 5.74) is 1.65. The van der Waals surface area contributed by atoms with E-state index < -0.39 is 0 Å². The van der Waals surface area contributed by atoms with Gasteiger partial charge in [0.25, 0.3) is 5.91 Å². The molecule has 0 saturated carbocycles. The highest BCUT2D eigenvalue weighted by Crippen LogP contribution is 2.27. The molecule has 2 N–H and O–H groups in total. The predicted molar refractivity (Wildman–Crippen MR) is 107 cm³/mol. The van der Waals surface area contributed by atoms with Crippen molar-refractivity contribution in [2.45, 2.75) is 6.42 Å². The Morgan fingerprint density at radius 2 is 1.85 bits per heavy atom. The Bertz CT molecular complexity index is 750. The molecule has 0 saturated heterocycles. The lowest BCUT2D eigenvalue weighted by Gasteiger charge is -2.12. The lowest BCUT2D eigenvalue weighted by atomic mass is 10.1. The summed E-state index contributed by atoms with van der Waals surface area (Å²) >= 11 is 0. The Hall–Kier alpha value is -2.80. The lowest BCUT2D eigenvalue weighted by molar-refractivity contribution is 0.0954. The van der Waals surface area contributed by atoms with Gasteiger partial charge in [0.05, 0.1) is 14.2 Å². The zero-order chi connectivity index (χ0) is 19.6. The van der Waals surface area contributed by atoms with Crippen LogP contribution in [0.1, 0.15) is 15.9 Å². The highest BCUT2D eigenvalue weighted by atomic mass is 16.5. The number of carbonyl (C=O) groups excluding carboxylic acids is 1. The van der Waals surface area contributed by atoms with E-state index in [1.165, 1.54) is 0 Å². The fourth-order valence-corrected chi connectivity index (χ4v) is 2.53. The van der Waals surface area contributed by atoms with Gasteiger partial charge in [-0.1, -0.05) is 6.07 Å².